The molecular formula is C12H17ClN4. The molecule has 0 bridgehead atoms. The lowest BCUT2D eigenvalue weighted by molar-refractivity contribution is 0.247. The number of halogens is 1. The summed E-state index contributed by atoms with van der Waals surface area (Å²) in [4.78, 5) is 9.16. The second-order valence-corrected chi connectivity index (χ2v) is 5.26. The molecule has 1 saturated carbocycles. The summed E-state index contributed by atoms with van der Waals surface area (Å²) in [5.41, 5.74) is 6.63. The molecule has 0 unspecified atom stereocenters. The summed E-state index contributed by atoms with van der Waals surface area (Å²) in [6.07, 6.45) is 4.42. The van der Waals surface area contributed by atoms with Crippen molar-refractivity contribution in [3.63, 3.8) is 0 Å². The smallest absolute Gasteiger partial charge is 0.151 e. The summed E-state index contributed by atoms with van der Waals surface area (Å²) in [6, 6.07) is 2.63. The van der Waals surface area contributed by atoms with Gasteiger partial charge in [-0.05, 0) is 18.9 Å². The second-order valence-electron chi connectivity index (χ2n) is 4.82. The molecule has 0 atom stereocenters. The molecule has 2 N–H and O–H groups in total. The van der Waals surface area contributed by atoms with E-state index in [4.69, 9.17) is 17.3 Å². The molecule has 2 heterocycles. The Morgan fingerprint density at radius 3 is 2.53 bits per heavy atom. The number of pyridine rings is 1. The van der Waals surface area contributed by atoms with Gasteiger partial charge >= 0.3 is 0 Å². The highest BCUT2D eigenvalue weighted by atomic mass is 35.5. The topological polar surface area (TPSA) is 45.4 Å². The quantitative estimate of drug-likeness (QED) is 0.869. The fourth-order valence-corrected chi connectivity index (χ4v) is 2.62. The number of nitrogens with two attached hydrogens (primary N) is 1. The van der Waals surface area contributed by atoms with Gasteiger partial charge in [0.1, 0.15) is 0 Å². The lowest BCUT2D eigenvalue weighted by Gasteiger charge is -2.35. The van der Waals surface area contributed by atoms with Crippen LogP contribution < -0.4 is 10.6 Å². The van der Waals surface area contributed by atoms with E-state index in [9.17, 15) is 0 Å². The van der Waals surface area contributed by atoms with Gasteiger partial charge in [-0.2, -0.15) is 0 Å². The third-order valence-corrected chi connectivity index (χ3v) is 3.75. The molecule has 1 saturated heterocycles. The predicted octanol–water partition coefficient (Wildman–Crippen LogP) is 1.60. The zero-order valence-electron chi connectivity index (χ0n) is 9.77. The van der Waals surface area contributed by atoms with E-state index >= 15 is 0 Å². The maximum atomic E-state index is 5.96. The van der Waals surface area contributed by atoms with Crippen LogP contribution in [-0.4, -0.2) is 42.1 Å². The summed E-state index contributed by atoms with van der Waals surface area (Å²) < 4.78 is 0. The van der Waals surface area contributed by atoms with Crippen molar-refractivity contribution in [3.8, 4) is 0 Å². The first-order valence-electron chi connectivity index (χ1n) is 6.14. The number of piperazine rings is 1. The molecule has 1 aromatic rings. The van der Waals surface area contributed by atoms with E-state index in [2.05, 4.69) is 14.8 Å². The Hall–Kier alpha value is -1.00. The first-order chi connectivity index (χ1) is 8.24. The first kappa shape index (κ1) is 11.1. The molecule has 0 radical (unpaired) electrons. The van der Waals surface area contributed by atoms with Gasteiger partial charge in [-0.1, -0.05) is 11.6 Å². The van der Waals surface area contributed by atoms with Gasteiger partial charge in [-0.3, -0.25) is 4.90 Å². The minimum absolute atomic E-state index is 0.600. The van der Waals surface area contributed by atoms with Crippen LogP contribution in [0.5, 0.6) is 0 Å². The molecule has 0 amide bonds. The van der Waals surface area contributed by atoms with Crippen LogP contribution in [0.15, 0.2) is 12.3 Å². The predicted molar refractivity (Wildman–Crippen MR) is 70.5 cm³/mol. The van der Waals surface area contributed by atoms with Gasteiger partial charge in [0.25, 0.3) is 0 Å². The summed E-state index contributed by atoms with van der Waals surface area (Å²) in [7, 11) is 0. The average Bonchev–Trinajstić information content (AvgIpc) is 3.13. The highest BCUT2D eigenvalue weighted by Crippen LogP contribution is 2.29. The van der Waals surface area contributed by atoms with Gasteiger partial charge in [0.2, 0.25) is 0 Å². The van der Waals surface area contributed by atoms with Crippen LogP contribution >= 0.6 is 11.6 Å². The Labute approximate surface area is 106 Å². The summed E-state index contributed by atoms with van der Waals surface area (Å²) in [5.74, 6) is 0.879. The van der Waals surface area contributed by atoms with E-state index in [-0.39, 0.29) is 0 Å². The Bertz CT molecular complexity index is 411. The van der Waals surface area contributed by atoms with Crippen LogP contribution in [0.1, 0.15) is 12.8 Å². The number of aromatic nitrogens is 1. The molecule has 1 aliphatic heterocycles. The second kappa shape index (κ2) is 4.35. The number of nitrogens with zero attached hydrogens (tertiary/aromatic N) is 3. The molecule has 4 nitrogen and oxygen atoms in total. The number of anilines is 2. The fraction of sp³-hybridized carbons (Fsp3) is 0.583. The molecular weight excluding hydrogens is 236 g/mol. The van der Waals surface area contributed by atoms with E-state index in [0.29, 0.717) is 10.7 Å². The lowest BCUT2D eigenvalue weighted by Crippen LogP contribution is -2.47. The van der Waals surface area contributed by atoms with Crippen molar-refractivity contribution in [2.24, 2.45) is 0 Å². The molecule has 92 valence electrons. The number of hydrogen-bond acceptors (Lipinski definition) is 4. The molecule has 0 aromatic carbocycles. The summed E-state index contributed by atoms with van der Waals surface area (Å²) in [5, 5.41) is 0.600. The van der Waals surface area contributed by atoms with Crippen molar-refractivity contribution in [2.75, 3.05) is 36.8 Å². The zero-order valence-corrected chi connectivity index (χ0v) is 10.5. The van der Waals surface area contributed by atoms with E-state index < -0.39 is 0 Å². The van der Waals surface area contributed by atoms with Crippen molar-refractivity contribution in [3.05, 3.63) is 17.3 Å². The van der Waals surface area contributed by atoms with Crippen LogP contribution in [0.25, 0.3) is 0 Å². The molecule has 0 spiro atoms. The molecule has 17 heavy (non-hydrogen) atoms. The van der Waals surface area contributed by atoms with E-state index in [1.54, 1.807) is 12.3 Å². The first-order valence-corrected chi connectivity index (χ1v) is 6.52. The molecule has 1 aromatic heterocycles. The number of rotatable bonds is 2. The minimum Gasteiger partial charge on any atom is -0.396 e. The minimum atomic E-state index is 0.600. The molecule has 5 heteroatoms. The van der Waals surface area contributed by atoms with Gasteiger partial charge in [-0.15, -0.1) is 0 Å². The van der Waals surface area contributed by atoms with Crippen molar-refractivity contribution in [2.45, 2.75) is 18.9 Å². The largest absolute Gasteiger partial charge is 0.396 e. The van der Waals surface area contributed by atoms with E-state index in [1.807, 2.05) is 0 Å². The van der Waals surface area contributed by atoms with Crippen molar-refractivity contribution in [1.29, 1.82) is 0 Å². The third kappa shape index (κ3) is 2.33. The monoisotopic (exact) mass is 252 g/mol. The van der Waals surface area contributed by atoms with Crippen LogP contribution in [0.2, 0.25) is 5.02 Å². The average molecular weight is 253 g/mol. The van der Waals surface area contributed by atoms with Crippen LogP contribution in [0.4, 0.5) is 11.5 Å². The fourth-order valence-electron chi connectivity index (χ4n) is 2.45. The Kier molecular flexibility index (Phi) is 2.84. The normalized spacial score (nSPS) is 21.8. The molecule has 1 aliphatic carbocycles. The van der Waals surface area contributed by atoms with Gasteiger partial charge in [-0.25, -0.2) is 4.98 Å². The third-order valence-electron chi connectivity index (χ3n) is 3.54. The zero-order chi connectivity index (χ0) is 11.8. The van der Waals surface area contributed by atoms with Crippen LogP contribution in [-0.2, 0) is 0 Å². The number of nitrogen functional groups attached to an aromatic ring is 1. The van der Waals surface area contributed by atoms with Crippen LogP contribution in [0, 0.1) is 0 Å². The van der Waals surface area contributed by atoms with Crippen molar-refractivity contribution >= 4 is 23.1 Å². The van der Waals surface area contributed by atoms with Crippen molar-refractivity contribution < 1.29 is 0 Å². The molecule has 2 fully saturated rings. The standard InChI is InChI=1S/C12H17ClN4/c13-9-7-11(14)12(15-8-9)17-5-3-16(4-6-17)10-1-2-10/h7-8,10H,1-6,14H2. The van der Waals surface area contributed by atoms with E-state index in [1.165, 1.54) is 12.8 Å². The lowest BCUT2D eigenvalue weighted by atomic mass is 10.3. The Morgan fingerprint density at radius 2 is 1.94 bits per heavy atom. The molecule has 2 aliphatic rings. The summed E-state index contributed by atoms with van der Waals surface area (Å²) >= 11 is 5.86. The SMILES string of the molecule is Nc1cc(Cl)cnc1N1CCN(C2CC2)CC1. The summed E-state index contributed by atoms with van der Waals surface area (Å²) in [6.45, 7) is 4.26. The van der Waals surface area contributed by atoms with Crippen LogP contribution in [0.3, 0.4) is 0 Å². The maximum absolute atomic E-state index is 5.96. The Balaban J connectivity index is 1.68. The van der Waals surface area contributed by atoms with Gasteiger partial charge in [0, 0.05) is 38.4 Å². The molecule has 3 rings (SSSR count). The maximum Gasteiger partial charge on any atom is 0.151 e. The van der Waals surface area contributed by atoms with Gasteiger partial charge < -0.3 is 10.6 Å². The van der Waals surface area contributed by atoms with E-state index in [0.717, 1.165) is 38.0 Å². The van der Waals surface area contributed by atoms with Crippen molar-refractivity contribution in [1.82, 2.24) is 9.88 Å². The van der Waals surface area contributed by atoms with Gasteiger partial charge in [0.05, 0.1) is 10.7 Å². The van der Waals surface area contributed by atoms with Gasteiger partial charge in [0.15, 0.2) is 5.82 Å². The highest BCUT2D eigenvalue weighted by Gasteiger charge is 2.31. The highest BCUT2D eigenvalue weighted by molar-refractivity contribution is 6.30. The number of hydrogen-bond donors (Lipinski definition) is 1. The Morgan fingerprint density at radius 1 is 1.24 bits per heavy atom.